The number of aliphatic hydroxyl groups excluding tert-OH is 1. The molecule has 1 fully saturated rings. The summed E-state index contributed by atoms with van der Waals surface area (Å²) >= 11 is 13.7. The maximum Gasteiger partial charge on any atom is 0.232 e. The molecule has 0 radical (unpaired) electrons. The van der Waals surface area contributed by atoms with Gasteiger partial charge in [0, 0.05) is 86.1 Å². The molecule has 1 aliphatic heterocycles. The summed E-state index contributed by atoms with van der Waals surface area (Å²) in [5.74, 6) is 0.834. The van der Waals surface area contributed by atoms with Gasteiger partial charge >= 0.3 is 0 Å². The molecule has 0 spiro atoms. The van der Waals surface area contributed by atoms with Crippen LogP contribution in [0.1, 0.15) is 60.0 Å². The fourth-order valence-electron chi connectivity index (χ4n) is 6.99. The number of rotatable bonds is 17. The van der Waals surface area contributed by atoms with Crippen molar-refractivity contribution in [2.45, 2.75) is 57.1 Å². The summed E-state index contributed by atoms with van der Waals surface area (Å²) in [5.41, 5.74) is 2.59. The summed E-state index contributed by atoms with van der Waals surface area (Å²) in [6.07, 6.45) is 12.6. The van der Waals surface area contributed by atoms with E-state index in [9.17, 15) is 20.7 Å². The zero-order valence-electron chi connectivity index (χ0n) is 31.7. The van der Waals surface area contributed by atoms with Crippen LogP contribution in [0, 0.1) is 28.6 Å². The lowest BCUT2D eigenvalue weighted by Gasteiger charge is -2.40. The summed E-state index contributed by atoms with van der Waals surface area (Å²) in [4.78, 5) is 14.6. The van der Waals surface area contributed by atoms with E-state index in [1.807, 2.05) is 42.5 Å². The molecule has 0 saturated carbocycles. The van der Waals surface area contributed by atoms with E-state index in [2.05, 4.69) is 44.2 Å². The van der Waals surface area contributed by atoms with Gasteiger partial charge in [-0.15, -0.1) is 0 Å². The van der Waals surface area contributed by atoms with Gasteiger partial charge in [0.05, 0.1) is 28.5 Å². The molecule has 3 heterocycles. The summed E-state index contributed by atoms with van der Waals surface area (Å²) in [7, 11) is 0. The molecule has 0 bridgehead atoms. The second-order valence-corrected chi connectivity index (χ2v) is 15.1. The van der Waals surface area contributed by atoms with Crippen molar-refractivity contribution < 1.29 is 24.4 Å². The van der Waals surface area contributed by atoms with Gasteiger partial charge in [-0.25, -0.2) is 9.97 Å². The van der Waals surface area contributed by atoms with Crippen LogP contribution in [0.4, 0.5) is 0 Å². The molecule has 2 aromatic heterocycles. The molecule has 2 atom stereocenters. The Morgan fingerprint density at radius 1 is 1.00 bits per heavy atom. The first kappa shape index (κ1) is 41.7. The van der Waals surface area contributed by atoms with Gasteiger partial charge in [0.1, 0.15) is 42.5 Å². The average Bonchev–Trinajstić information content (AvgIpc) is 3.23. The number of pyridine rings is 1. The number of nitriles is 2. The summed E-state index contributed by atoms with van der Waals surface area (Å²) in [6, 6.07) is 18.8. The number of hydrogen-bond acceptors (Lipinski definition) is 12. The molecule has 1 aliphatic carbocycles. The predicted molar refractivity (Wildman–Crippen MR) is 216 cm³/mol. The first-order chi connectivity index (χ1) is 27.6. The van der Waals surface area contributed by atoms with Gasteiger partial charge in [-0.05, 0) is 60.7 Å². The van der Waals surface area contributed by atoms with Crippen molar-refractivity contribution in [2.75, 3.05) is 39.5 Å². The summed E-state index contributed by atoms with van der Waals surface area (Å²) in [6.45, 7) is 5.52. The third-order valence-corrected chi connectivity index (χ3v) is 11.1. The molecule has 3 N–H and O–H groups in total. The Balaban J connectivity index is 1.22. The number of allylic oxidation sites excluding steroid dienone is 2. The van der Waals surface area contributed by atoms with Crippen molar-refractivity contribution in [3.8, 4) is 23.6 Å². The lowest BCUT2D eigenvalue weighted by Crippen LogP contribution is -2.47. The molecular weight excluding hydrogens is 765 g/mol. The number of benzene rings is 2. The van der Waals surface area contributed by atoms with E-state index in [-0.39, 0.29) is 31.6 Å². The van der Waals surface area contributed by atoms with Crippen molar-refractivity contribution in [2.24, 2.45) is 5.92 Å². The Morgan fingerprint density at radius 2 is 1.82 bits per heavy atom. The van der Waals surface area contributed by atoms with Crippen LogP contribution in [0.25, 0.3) is 5.57 Å². The first-order valence-electron chi connectivity index (χ1n) is 18.8. The predicted octanol–water partition coefficient (Wildman–Crippen LogP) is 6.42. The minimum absolute atomic E-state index is 0.0916. The Morgan fingerprint density at radius 3 is 2.60 bits per heavy atom. The zero-order chi connectivity index (χ0) is 40.3. The van der Waals surface area contributed by atoms with Crippen LogP contribution in [0.15, 0.2) is 85.3 Å². The standard InChI is InChI=1S/C43H45Cl2N7O5/c1-30-35(36-6-2-3-8-37(36)44)7-4-10-43(30,57-17-5-14-52-15-11-42(54,28-53)12-16-52)29-56-40-20-39(55-27-32-18-31(21-46)23-48-24-32)33(19-38(40)45)25-49-26-34-9-13-50-41(22-47)51-34/h2-4,6-10,13,18-20,23-24,30,49,53-54H,5,11-12,14-17,25-29H2,1H3. The molecule has 4 aromatic rings. The number of aliphatic hydroxyl groups is 2. The van der Waals surface area contributed by atoms with Gasteiger partial charge in [0.25, 0.3) is 0 Å². The van der Waals surface area contributed by atoms with Gasteiger partial charge in [-0.2, -0.15) is 10.5 Å². The number of piperidine rings is 1. The SMILES string of the molecule is CC1C(c2ccccc2Cl)=CC=CC1(COc1cc(OCc2cncc(C#N)c2)c(CNCc2ccnc(C#N)n2)cc1Cl)OCCCN1CCC(O)(CO)CC1. The van der Waals surface area contributed by atoms with Crippen LogP contribution < -0.4 is 14.8 Å². The zero-order valence-corrected chi connectivity index (χ0v) is 33.2. The highest BCUT2D eigenvalue weighted by molar-refractivity contribution is 6.32. The number of aromatic nitrogens is 3. The Labute approximate surface area is 343 Å². The van der Waals surface area contributed by atoms with Gasteiger partial charge in [0.15, 0.2) is 0 Å². The minimum Gasteiger partial charge on any atom is -0.489 e. The highest BCUT2D eigenvalue weighted by Crippen LogP contribution is 2.42. The van der Waals surface area contributed by atoms with E-state index in [1.165, 1.54) is 6.20 Å². The van der Waals surface area contributed by atoms with E-state index in [4.69, 9.17) is 37.4 Å². The molecule has 1 saturated heterocycles. The average molecular weight is 811 g/mol. The molecule has 6 rings (SSSR count). The molecule has 57 heavy (non-hydrogen) atoms. The maximum absolute atomic E-state index is 10.5. The molecular formula is C43H45Cl2N7O5. The lowest BCUT2D eigenvalue weighted by atomic mass is 9.77. The largest absolute Gasteiger partial charge is 0.489 e. The van der Waals surface area contributed by atoms with Crippen LogP contribution >= 0.6 is 23.2 Å². The van der Waals surface area contributed by atoms with Crippen molar-refractivity contribution in [3.05, 3.63) is 129 Å². The topological polar surface area (TPSA) is 170 Å². The van der Waals surface area contributed by atoms with Gasteiger partial charge in [-0.1, -0.05) is 60.5 Å². The number of nitrogens with zero attached hydrogens (tertiary/aromatic N) is 6. The van der Waals surface area contributed by atoms with Crippen LogP contribution in [0.3, 0.4) is 0 Å². The second kappa shape index (κ2) is 19.5. The Kier molecular flexibility index (Phi) is 14.3. The molecule has 14 heteroatoms. The second-order valence-electron chi connectivity index (χ2n) is 14.3. The van der Waals surface area contributed by atoms with E-state index < -0.39 is 11.2 Å². The molecule has 12 nitrogen and oxygen atoms in total. The lowest BCUT2D eigenvalue weighted by molar-refractivity contribution is -0.0707. The molecule has 2 aromatic carbocycles. The number of halogens is 2. The molecule has 0 amide bonds. The third kappa shape index (κ3) is 10.7. The van der Waals surface area contributed by atoms with Crippen molar-refractivity contribution in [1.82, 2.24) is 25.2 Å². The van der Waals surface area contributed by atoms with Crippen molar-refractivity contribution in [3.63, 3.8) is 0 Å². The number of ether oxygens (including phenoxy) is 3. The van der Waals surface area contributed by atoms with Gasteiger partial charge < -0.3 is 34.6 Å². The molecule has 2 aliphatic rings. The van der Waals surface area contributed by atoms with Crippen LogP contribution in [-0.2, 0) is 24.4 Å². The molecule has 296 valence electrons. The normalized spacial score (nSPS) is 19.0. The Bertz CT molecular complexity index is 2160. The van der Waals surface area contributed by atoms with Crippen molar-refractivity contribution in [1.29, 1.82) is 10.5 Å². The summed E-state index contributed by atoms with van der Waals surface area (Å²) < 4.78 is 19.8. The highest BCUT2D eigenvalue weighted by Gasteiger charge is 2.41. The fourth-order valence-corrected chi connectivity index (χ4v) is 7.47. The van der Waals surface area contributed by atoms with Crippen LogP contribution in [0.5, 0.6) is 11.5 Å². The minimum atomic E-state index is -1.00. The quantitative estimate of drug-likeness (QED) is 0.100. The van der Waals surface area contributed by atoms with Gasteiger partial charge in [-0.3, -0.25) is 4.98 Å². The first-order valence-corrected chi connectivity index (χ1v) is 19.6. The summed E-state index contributed by atoms with van der Waals surface area (Å²) in [5, 5.41) is 43.0. The maximum atomic E-state index is 10.5. The van der Waals surface area contributed by atoms with E-state index >= 15 is 0 Å². The van der Waals surface area contributed by atoms with Crippen LogP contribution in [-0.4, -0.2) is 80.7 Å². The van der Waals surface area contributed by atoms with Gasteiger partial charge in [0.2, 0.25) is 5.82 Å². The number of hydrogen-bond donors (Lipinski definition) is 3. The van der Waals surface area contributed by atoms with Crippen molar-refractivity contribution >= 4 is 28.8 Å². The monoisotopic (exact) mass is 809 g/mol. The van der Waals surface area contributed by atoms with E-state index in [0.29, 0.717) is 78.4 Å². The van der Waals surface area contributed by atoms with E-state index in [0.717, 1.165) is 35.2 Å². The number of likely N-dealkylation sites (tertiary alicyclic amines) is 1. The van der Waals surface area contributed by atoms with E-state index in [1.54, 1.807) is 36.7 Å². The number of nitrogens with one attached hydrogen (secondary N) is 1. The smallest absolute Gasteiger partial charge is 0.232 e. The molecule has 2 unspecified atom stereocenters. The highest BCUT2D eigenvalue weighted by atomic mass is 35.5. The Hall–Kier alpha value is -4.89. The van der Waals surface area contributed by atoms with Crippen LogP contribution in [0.2, 0.25) is 10.0 Å². The fraction of sp³-hybridized carbons (Fsp3) is 0.372. The third-order valence-electron chi connectivity index (χ3n) is 10.4.